The van der Waals surface area contributed by atoms with E-state index in [4.69, 9.17) is 9.26 Å². The molecular formula is C20H18N4O3. The quantitative estimate of drug-likeness (QED) is 0.545. The van der Waals surface area contributed by atoms with Crippen LogP contribution >= 0.6 is 0 Å². The second-order valence-electron chi connectivity index (χ2n) is 6.03. The molecule has 2 aromatic carbocycles. The number of nitrogens with one attached hydrogen (secondary N) is 1. The Kier molecular flexibility index (Phi) is 4.82. The average molecular weight is 362 g/mol. The number of carbonyl (C=O) groups is 1. The third-order valence-corrected chi connectivity index (χ3v) is 4.08. The zero-order chi connectivity index (χ0) is 18.5. The van der Waals surface area contributed by atoms with Gasteiger partial charge in [-0.05, 0) is 24.3 Å². The molecule has 7 nitrogen and oxygen atoms in total. The number of rotatable bonds is 7. The third kappa shape index (κ3) is 4.14. The molecule has 1 N–H and O–H groups in total. The standard InChI is InChI=1S/C20H18N4O3/c25-20(13-18-17-6-1-2-7-19(17)27-23-18)22-15-4-3-5-16(12-15)26-11-10-24-9-8-21-14-24/h1-9,12,14H,10-11,13H2,(H,22,25). The number of aromatic nitrogens is 3. The maximum atomic E-state index is 12.4. The van der Waals surface area contributed by atoms with Crippen LogP contribution in [0.15, 0.2) is 71.8 Å². The van der Waals surface area contributed by atoms with Gasteiger partial charge in [0.1, 0.15) is 18.1 Å². The maximum Gasteiger partial charge on any atom is 0.230 e. The van der Waals surface area contributed by atoms with Crippen molar-refractivity contribution in [3.8, 4) is 5.75 Å². The van der Waals surface area contributed by atoms with Gasteiger partial charge in [-0.25, -0.2) is 4.98 Å². The van der Waals surface area contributed by atoms with Crippen molar-refractivity contribution < 1.29 is 14.1 Å². The molecule has 0 aliphatic heterocycles. The number of hydrogen-bond donors (Lipinski definition) is 1. The van der Waals surface area contributed by atoms with Crippen LogP contribution in [-0.2, 0) is 17.8 Å². The molecule has 0 bridgehead atoms. The fourth-order valence-electron chi connectivity index (χ4n) is 2.77. The van der Waals surface area contributed by atoms with E-state index in [2.05, 4.69) is 15.5 Å². The summed E-state index contributed by atoms with van der Waals surface area (Å²) in [6.07, 6.45) is 5.50. The van der Waals surface area contributed by atoms with Crippen molar-refractivity contribution in [2.45, 2.75) is 13.0 Å². The lowest BCUT2D eigenvalue weighted by Gasteiger charge is -2.09. The minimum absolute atomic E-state index is 0.142. The molecule has 0 atom stereocenters. The summed E-state index contributed by atoms with van der Waals surface area (Å²) in [7, 11) is 0. The number of hydrogen-bond acceptors (Lipinski definition) is 5. The van der Waals surface area contributed by atoms with Crippen LogP contribution in [-0.4, -0.2) is 27.2 Å². The summed E-state index contributed by atoms with van der Waals surface area (Å²) in [6.45, 7) is 1.22. The highest BCUT2D eigenvalue weighted by Gasteiger charge is 2.12. The highest BCUT2D eigenvalue weighted by molar-refractivity contribution is 5.94. The van der Waals surface area contributed by atoms with Gasteiger partial charge in [0.2, 0.25) is 5.91 Å². The van der Waals surface area contributed by atoms with E-state index in [9.17, 15) is 4.79 Å². The average Bonchev–Trinajstić information content (AvgIpc) is 3.33. The first-order valence-corrected chi connectivity index (χ1v) is 8.60. The fourth-order valence-corrected chi connectivity index (χ4v) is 2.77. The Hall–Kier alpha value is -3.61. The Balaban J connectivity index is 1.35. The van der Waals surface area contributed by atoms with Crippen molar-refractivity contribution in [1.82, 2.24) is 14.7 Å². The normalized spacial score (nSPS) is 10.8. The van der Waals surface area contributed by atoms with Crippen molar-refractivity contribution in [2.24, 2.45) is 0 Å². The number of para-hydroxylation sites is 1. The van der Waals surface area contributed by atoms with Crippen molar-refractivity contribution in [3.05, 3.63) is 72.9 Å². The molecule has 2 aromatic heterocycles. The Morgan fingerprint density at radius 2 is 2.11 bits per heavy atom. The number of carbonyl (C=O) groups excluding carboxylic acids is 1. The summed E-state index contributed by atoms with van der Waals surface area (Å²) >= 11 is 0. The molecule has 27 heavy (non-hydrogen) atoms. The molecule has 0 saturated carbocycles. The molecule has 0 aliphatic rings. The number of imidazole rings is 1. The first-order valence-electron chi connectivity index (χ1n) is 8.60. The van der Waals surface area contributed by atoms with E-state index in [1.165, 1.54) is 0 Å². The molecule has 0 spiro atoms. The van der Waals surface area contributed by atoms with Gasteiger partial charge >= 0.3 is 0 Å². The molecular weight excluding hydrogens is 344 g/mol. The number of amides is 1. The lowest BCUT2D eigenvalue weighted by atomic mass is 10.1. The van der Waals surface area contributed by atoms with Crippen LogP contribution in [0, 0.1) is 0 Å². The zero-order valence-electron chi connectivity index (χ0n) is 14.5. The molecule has 0 radical (unpaired) electrons. The van der Waals surface area contributed by atoms with Crippen LogP contribution < -0.4 is 10.1 Å². The number of fused-ring (bicyclic) bond motifs is 1. The largest absolute Gasteiger partial charge is 0.492 e. The second-order valence-corrected chi connectivity index (χ2v) is 6.03. The first-order chi connectivity index (χ1) is 13.3. The van der Waals surface area contributed by atoms with E-state index < -0.39 is 0 Å². The summed E-state index contributed by atoms with van der Waals surface area (Å²) in [5.41, 5.74) is 1.97. The van der Waals surface area contributed by atoms with Gasteiger partial charge in [-0.15, -0.1) is 0 Å². The predicted molar refractivity (Wildman–Crippen MR) is 101 cm³/mol. The van der Waals surface area contributed by atoms with Gasteiger partial charge in [0.15, 0.2) is 5.58 Å². The zero-order valence-corrected chi connectivity index (χ0v) is 14.5. The predicted octanol–water partition coefficient (Wildman–Crippen LogP) is 3.28. The van der Waals surface area contributed by atoms with E-state index >= 15 is 0 Å². The van der Waals surface area contributed by atoms with Crippen molar-refractivity contribution in [2.75, 3.05) is 11.9 Å². The lowest BCUT2D eigenvalue weighted by molar-refractivity contribution is -0.115. The van der Waals surface area contributed by atoms with Crippen LogP contribution in [0.1, 0.15) is 5.69 Å². The van der Waals surface area contributed by atoms with Gasteiger partial charge in [-0.2, -0.15) is 0 Å². The summed E-state index contributed by atoms with van der Waals surface area (Å²) in [6, 6.07) is 14.8. The van der Waals surface area contributed by atoms with Gasteiger partial charge in [-0.3, -0.25) is 4.79 Å². The highest BCUT2D eigenvalue weighted by atomic mass is 16.5. The molecule has 4 aromatic rings. The molecule has 136 valence electrons. The van der Waals surface area contributed by atoms with E-state index in [1.54, 1.807) is 18.6 Å². The minimum atomic E-state index is -0.162. The molecule has 0 saturated heterocycles. The second kappa shape index (κ2) is 7.74. The van der Waals surface area contributed by atoms with E-state index in [0.717, 1.165) is 5.39 Å². The van der Waals surface area contributed by atoms with Gasteiger partial charge < -0.3 is 19.1 Å². The molecule has 0 unspecified atom stereocenters. The lowest BCUT2D eigenvalue weighted by Crippen LogP contribution is -2.15. The fraction of sp³-hybridized carbons (Fsp3) is 0.150. The first kappa shape index (κ1) is 16.8. The van der Waals surface area contributed by atoms with Crippen molar-refractivity contribution in [3.63, 3.8) is 0 Å². The molecule has 7 heteroatoms. The Morgan fingerprint density at radius 1 is 1.19 bits per heavy atom. The molecule has 4 rings (SSSR count). The maximum absolute atomic E-state index is 12.4. The van der Waals surface area contributed by atoms with Gasteiger partial charge in [-0.1, -0.05) is 23.4 Å². The Bertz CT molecular complexity index is 1040. The van der Waals surface area contributed by atoms with Crippen LogP contribution in [0.25, 0.3) is 11.0 Å². The SMILES string of the molecule is O=C(Cc1noc2ccccc12)Nc1cccc(OCCn2ccnc2)c1. The van der Waals surface area contributed by atoms with Gasteiger partial charge in [0, 0.05) is 29.5 Å². The number of ether oxygens (including phenoxy) is 1. The monoisotopic (exact) mass is 362 g/mol. The van der Waals surface area contributed by atoms with Gasteiger partial charge in [0.05, 0.1) is 19.3 Å². The van der Waals surface area contributed by atoms with E-state index in [1.807, 2.05) is 53.2 Å². The van der Waals surface area contributed by atoms with E-state index in [-0.39, 0.29) is 12.3 Å². The van der Waals surface area contributed by atoms with Crippen LogP contribution in [0.4, 0.5) is 5.69 Å². The van der Waals surface area contributed by atoms with Gasteiger partial charge in [0.25, 0.3) is 0 Å². The van der Waals surface area contributed by atoms with Crippen LogP contribution in [0.5, 0.6) is 5.75 Å². The number of anilines is 1. The number of nitrogens with zero attached hydrogens (tertiary/aromatic N) is 3. The highest BCUT2D eigenvalue weighted by Crippen LogP contribution is 2.20. The summed E-state index contributed by atoms with van der Waals surface area (Å²) in [4.78, 5) is 16.4. The summed E-state index contributed by atoms with van der Waals surface area (Å²) in [5, 5.41) is 7.72. The van der Waals surface area contributed by atoms with Crippen molar-refractivity contribution in [1.29, 1.82) is 0 Å². The van der Waals surface area contributed by atoms with Crippen molar-refractivity contribution >= 4 is 22.6 Å². The Labute approximate surface area is 155 Å². The smallest absolute Gasteiger partial charge is 0.230 e. The van der Waals surface area contributed by atoms with E-state index in [0.29, 0.717) is 35.9 Å². The van der Waals surface area contributed by atoms with Crippen LogP contribution in [0.2, 0.25) is 0 Å². The molecule has 0 fully saturated rings. The number of benzene rings is 2. The van der Waals surface area contributed by atoms with Crippen LogP contribution in [0.3, 0.4) is 0 Å². The summed E-state index contributed by atoms with van der Waals surface area (Å²) < 4.78 is 12.9. The topological polar surface area (TPSA) is 82.2 Å². The molecule has 2 heterocycles. The third-order valence-electron chi connectivity index (χ3n) is 4.08. The molecule has 0 aliphatic carbocycles. The summed E-state index contributed by atoms with van der Waals surface area (Å²) in [5.74, 6) is 0.532. The minimum Gasteiger partial charge on any atom is -0.492 e. The molecule has 1 amide bonds. The Morgan fingerprint density at radius 3 is 3.00 bits per heavy atom.